The Balaban J connectivity index is 1.53. The number of anilines is 1. The van der Waals surface area contributed by atoms with Crippen LogP contribution in [-0.4, -0.2) is 21.2 Å². The molecule has 0 bridgehead atoms. The maximum atomic E-state index is 13.8. The van der Waals surface area contributed by atoms with E-state index < -0.39 is 0 Å². The van der Waals surface area contributed by atoms with E-state index in [1.807, 2.05) is 35.7 Å². The van der Waals surface area contributed by atoms with Crippen LogP contribution in [0, 0.1) is 5.82 Å². The van der Waals surface area contributed by atoms with Gasteiger partial charge in [0.2, 0.25) is 5.91 Å². The Labute approximate surface area is 213 Å². The van der Waals surface area contributed by atoms with Crippen molar-refractivity contribution in [2.45, 2.75) is 5.16 Å². The third-order valence-corrected chi connectivity index (χ3v) is 7.27. The summed E-state index contributed by atoms with van der Waals surface area (Å²) < 4.78 is 15.0. The van der Waals surface area contributed by atoms with Gasteiger partial charge in [-0.05, 0) is 54.1 Å². The second-order valence-corrected chi connectivity index (χ2v) is 9.79. The molecule has 1 N–H and O–H groups in total. The molecule has 0 saturated heterocycles. The van der Waals surface area contributed by atoms with Gasteiger partial charge in [-0.1, -0.05) is 53.7 Å². The number of hydrogen-bond donors (Lipinski definition) is 1. The van der Waals surface area contributed by atoms with Crippen molar-refractivity contribution in [3.63, 3.8) is 0 Å². The summed E-state index contributed by atoms with van der Waals surface area (Å²) in [6.45, 7) is 0. The van der Waals surface area contributed by atoms with Gasteiger partial charge in [-0.3, -0.25) is 14.2 Å². The number of halogens is 2. The third kappa shape index (κ3) is 5.00. The van der Waals surface area contributed by atoms with Crippen LogP contribution in [0.4, 0.5) is 10.1 Å². The first kappa shape index (κ1) is 23.3. The first-order valence-corrected chi connectivity index (χ1v) is 12.8. The van der Waals surface area contributed by atoms with E-state index in [-0.39, 0.29) is 23.0 Å². The largest absolute Gasteiger partial charge is 0.325 e. The van der Waals surface area contributed by atoms with Crippen molar-refractivity contribution in [1.29, 1.82) is 0 Å². The van der Waals surface area contributed by atoms with Crippen LogP contribution in [-0.2, 0) is 4.79 Å². The molecule has 0 unspecified atom stereocenters. The number of thioether (sulfide) groups is 1. The molecular weight excluding hydrogens is 505 g/mol. The predicted molar refractivity (Wildman–Crippen MR) is 141 cm³/mol. The Bertz CT molecular complexity index is 1570. The molecule has 35 heavy (non-hydrogen) atoms. The minimum absolute atomic E-state index is 0.0591. The second-order valence-electron chi connectivity index (χ2n) is 7.55. The quantitative estimate of drug-likeness (QED) is 0.201. The lowest BCUT2D eigenvalue weighted by molar-refractivity contribution is -0.113. The monoisotopic (exact) mass is 521 g/mol. The smallest absolute Gasteiger partial charge is 0.268 e. The van der Waals surface area contributed by atoms with Crippen molar-refractivity contribution in [2.24, 2.45) is 0 Å². The fourth-order valence-electron chi connectivity index (χ4n) is 3.58. The number of rotatable bonds is 6. The summed E-state index contributed by atoms with van der Waals surface area (Å²) in [6, 6.07) is 22.0. The second kappa shape index (κ2) is 10.0. The molecule has 2 aromatic heterocycles. The summed E-state index contributed by atoms with van der Waals surface area (Å²) in [7, 11) is 0. The number of thiophene rings is 1. The lowest BCUT2D eigenvalue weighted by atomic mass is 10.1. The molecule has 0 saturated carbocycles. The van der Waals surface area contributed by atoms with E-state index in [1.165, 1.54) is 39.8 Å². The van der Waals surface area contributed by atoms with E-state index in [0.717, 1.165) is 5.56 Å². The first-order valence-electron chi connectivity index (χ1n) is 10.5. The molecule has 1 amide bonds. The van der Waals surface area contributed by atoms with Gasteiger partial charge in [-0.15, -0.1) is 11.3 Å². The lowest BCUT2D eigenvalue weighted by Crippen LogP contribution is -2.22. The minimum atomic E-state index is -0.344. The maximum Gasteiger partial charge on any atom is 0.268 e. The SMILES string of the molecule is O=C(CSc1nc2scc(-c3ccc(F)cc3)c2c(=O)n1-c1ccccc1)Nc1ccc(Cl)cc1. The standard InChI is InChI=1S/C26H17ClFN3O2S2/c27-17-8-12-19(13-9-17)29-22(32)15-35-26-30-24-23(25(33)31(26)20-4-2-1-3-5-20)21(14-34-24)16-6-10-18(28)11-7-16/h1-14H,15H2,(H,29,32). The molecule has 0 fully saturated rings. The van der Waals surface area contributed by atoms with E-state index in [9.17, 15) is 14.0 Å². The Morgan fingerprint density at radius 3 is 2.46 bits per heavy atom. The molecule has 5 aromatic rings. The highest BCUT2D eigenvalue weighted by Crippen LogP contribution is 2.33. The van der Waals surface area contributed by atoms with Gasteiger partial charge in [-0.2, -0.15) is 0 Å². The molecule has 174 valence electrons. The van der Waals surface area contributed by atoms with E-state index >= 15 is 0 Å². The number of aromatic nitrogens is 2. The Morgan fingerprint density at radius 1 is 1.03 bits per heavy atom. The average Bonchev–Trinajstić information content (AvgIpc) is 3.29. The van der Waals surface area contributed by atoms with E-state index in [4.69, 9.17) is 16.6 Å². The van der Waals surface area contributed by atoms with Crippen LogP contribution in [0.25, 0.3) is 27.0 Å². The molecule has 0 spiro atoms. The highest BCUT2D eigenvalue weighted by molar-refractivity contribution is 7.99. The van der Waals surface area contributed by atoms with Crippen LogP contribution in [0.5, 0.6) is 0 Å². The van der Waals surface area contributed by atoms with Crippen molar-refractivity contribution < 1.29 is 9.18 Å². The zero-order valence-corrected chi connectivity index (χ0v) is 20.5. The fourth-order valence-corrected chi connectivity index (χ4v) is 5.50. The minimum Gasteiger partial charge on any atom is -0.325 e. The van der Waals surface area contributed by atoms with Crippen LogP contribution < -0.4 is 10.9 Å². The van der Waals surface area contributed by atoms with Gasteiger partial charge < -0.3 is 5.32 Å². The van der Waals surface area contributed by atoms with Gasteiger partial charge in [0.25, 0.3) is 5.56 Å². The van der Waals surface area contributed by atoms with E-state index in [2.05, 4.69) is 5.32 Å². The number of benzene rings is 3. The van der Waals surface area contributed by atoms with E-state index in [0.29, 0.717) is 37.3 Å². The van der Waals surface area contributed by atoms with Gasteiger partial charge in [-0.25, -0.2) is 9.37 Å². The number of hydrogen-bond acceptors (Lipinski definition) is 5. The van der Waals surface area contributed by atoms with Gasteiger partial charge in [0, 0.05) is 21.7 Å². The number of nitrogens with zero attached hydrogens (tertiary/aromatic N) is 2. The molecule has 3 aromatic carbocycles. The number of amides is 1. The molecule has 0 aliphatic heterocycles. The van der Waals surface area contributed by atoms with Crippen LogP contribution >= 0.6 is 34.7 Å². The van der Waals surface area contributed by atoms with Crippen molar-refractivity contribution in [2.75, 3.05) is 11.1 Å². The molecule has 0 aliphatic carbocycles. The van der Waals surface area contributed by atoms with Crippen molar-refractivity contribution in [3.05, 3.63) is 105 Å². The summed E-state index contributed by atoms with van der Waals surface area (Å²) in [4.78, 5) is 31.6. The average molecular weight is 522 g/mol. The molecule has 0 aliphatic rings. The van der Waals surface area contributed by atoms with Crippen molar-refractivity contribution in [3.8, 4) is 16.8 Å². The number of nitrogens with one attached hydrogen (secondary N) is 1. The number of fused-ring (bicyclic) bond motifs is 1. The van der Waals surface area contributed by atoms with Crippen LogP contribution in [0.1, 0.15) is 0 Å². The van der Waals surface area contributed by atoms with Crippen LogP contribution in [0.2, 0.25) is 5.02 Å². The van der Waals surface area contributed by atoms with Gasteiger partial charge in [0.05, 0.1) is 16.8 Å². The molecule has 0 radical (unpaired) electrons. The highest BCUT2D eigenvalue weighted by Gasteiger charge is 2.19. The van der Waals surface area contributed by atoms with Crippen LogP contribution in [0.3, 0.4) is 0 Å². The molecule has 2 heterocycles. The Hall–Kier alpha value is -3.46. The zero-order valence-electron chi connectivity index (χ0n) is 18.1. The molecular formula is C26H17ClFN3O2S2. The number of para-hydroxylation sites is 1. The normalized spacial score (nSPS) is 11.0. The van der Waals surface area contributed by atoms with Crippen LogP contribution in [0.15, 0.2) is 94.2 Å². The summed E-state index contributed by atoms with van der Waals surface area (Å²) in [5.74, 6) is -0.517. The summed E-state index contributed by atoms with van der Waals surface area (Å²) >= 11 is 8.42. The molecule has 9 heteroatoms. The maximum absolute atomic E-state index is 13.8. The molecule has 5 rings (SSSR count). The summed E-state index contributed by atoms with van der Waals surface area (Å²) in [6.07, 6.45) is 0. The molecule has 0 atom stereocenters. The summed E-state index contributed by atoms with van der Waals surface area (Å²) in [5.41, 5.74) is 2.46. The van der Waals surface area contributed by atoms with Gasteiger partial charge in [0.1, 0.15) is 10.6 Å². The topological polar surface area (TPSA) is 64.0 Å². The lowest BCUT2D eigenvalue weighted by Gasteiger charge is -2.13. The van der Waals surface area contributed by atoms with Gasteiger partial charge >= 0.3 is 0 Å². The van der Waals surface area contributed by atoms with E-state index in [1.54, 1.807) is 36.4 Å². The van der Waals surface area contributed by atoms with Crippen molar-refractivity contribution >= 4 is 56.5 Å². The Kier molecular flexibility index (Phi) is 6.68. The number of carbonyl (C=O) groups excluding carboxylic acids is 1. The Morgan fingerprint density at radius 2 is 1.74 bits per heavy atom. The fraction of sp³-hybridized carbons (Fsp3) is 0.0385. The third-order valence-electron chi connectivity index (χ3n) is 5.21. The van der Waals surface area contributed by atoms with Gasteiger partial charge in [0.15, 0.2) is 5.16 Å². The zero-order chi connectivity index (χ0) is 24.4. The molecule has 5 nitrogen and oxygen atoms in total. The highest BCUT2D eigenvalue weighted by atomic mass is 35.5. The van der Waals surface area contributed by atoms with Crippen molar-refractivity contribution in [1.82, 2.24) is 9.55 Å². The predicted octanol–water partition coefficient (Wildman–Crippen LogP) is 6.64. The first-order chi connectivity index (χ1) is 17.0. The summed E-state index contributed by atoms with van der Waals surface area (Å²) in [5, 5.41) is 6.12. The number of carbonyl (C=O) groups is 1.